The lowest BCUT2D eigenvalue weighted by molar-refractivity contribution is 0.0968. The number of carbonyl (C=O) groups excluding carboxylic acids is 1. The van der Waals surface area contributed by atoms with Crippen molar-refractivity contribution in [2.24, 2.45) is 4.99 Å². The average molecular weight is 366 g/mol. The fraction of sp³-hybridized carbons (Fsp3) is 0.238. The fourth-order valence-corrected chi connectivity index (χ4v) is 2.90. The van der Waals surface area contributed by atoms with Gasteiger partial charge in [-0.1, -0.05) is 24.3 Å². The SMILES string of the molecule is C=CCN1CCN(C(=Nc2ccccc2)NC(=O)c2ccc(F)cc2)CC1. The molecule has 2 aromatic rings. The topological polar surface area (TPSA) is 47.9 Å². The van der Waals surface area contributed by atoms with E-state index in [2.05, 4.69) is 26.7 Å². The van der Waals surface area contributed by atoms with Crippen LogP contribution in [0.5, 0.6) is 0 Å². The summed E-state index contributed by atoms with van der Waals surface area (Å²) in [6.45, 7) is 7.87. The summed E-state index contributed by atoms with van der Waals surface area (Å²) >= 11 is 0. The van der Waals surface area contributed by atoms with E-state index in [1.54, 1.807) is 0 Å². The summed E-state index contributed by atoms with van der Waals surface area (Å²) in [5.74, 6) is -0.171. The summed E-state index contributed by atoms with van der Waals surface area (Å²) in [6.07, 6.45) is 1.89. The van der Waals surface area contributed by atoms with E-state index in [1.807, 2.05) is 36.4 Å². The zero-order chi connectivity index (χ0) is 19.1. The van der Waals surface area contributed by atoms with Crippen molar-refractivity contribution in [3.8, 4) is 0 Å². The van der Waals surface area contributed by atoms with Crippen molar-refractivity contribution in [1.82, 2.24) is 15.1 Å². The number of carbonyl (C=O) groups is 1. The van der Waals surface area contributed by atoms with E-state index in [-0.39, 0.29) is 11.7 Å². The molecule has 1 amide bonds. The first-order valence-corrected chi connectivity index (χ1v) is 8.94. The maximum Gasteiger partial charge on any atom is 0.257 e. The van der Waals surface area contributed by atoms with E-state index in [0.717, 1.165) is 38.4 Å². The third kappa shape index (κ3) is 5.24. The molecule has 1 saturated heterocycles. The molecule has 0 aliphatic carbocycles. The van der Waals surface area contributed by atoms with E-state index in [1.165, 1.54) is 24.3 Å². The van der Waals surface area contributed by atoms with Crippen molar-refractivity contribution in [3.05, 3.63) is 78.6 Å². The van der Waals surface area contributed by atoms with Crippen LogP contribution in [-0.4, -0.2) is 54.4 Å². The number of para-hydroxylation sites is 1. The Hall–Kier alpha value is -2.99. The van der Waals surface area contributed by atoms with Crippen LogP contribution >= 0.6 is 0 Å². The molecular formula is C21H23FN4O. The van der Waals surface area contributed by atoms with Crippen LogP contribution in [0.25, 0.3) is 0 Å². The largest absolute Gasteiger partial charge is 0.340 e. The summed E-state index contributed by atoms with van der Waals surface area (Å²) in [6, 6.07) is 15.0. The molecule has 2 aromatic carbocycles. The molecule has 6 heteroatoms. The molecule has 0 aromatic heterocycles. The fourth-order valence-electron chi connectivity index (χ4n) is 2.90. The van der Waals surface area contributed by atoms with Crippen LogP contribution in [0.15, 0.2) is 72.2 Å². The molecule has 0 radical (unpaired) electrons. The molecule has 27 heavy (non-hydrogen) atoms. The number of hydrogen-bond donors (Lipinski definition) is 1. The molecule has 3 rings (SSSR count). The van der Waals surface area contributed by atoms with E-state index in [0.29, 0.717) is 11.5 Å². The number of hydrogen-bond acceptors (Lipinski definition) is 3. The Labute approximate surface area is 158 Å². The summed E-state index contributed by atoms with van der Waals surface area (Å²) in [4.78, 5) is 21.6. The molecule has 0 saturated carbocycles. The van der Waals surface area contributed by atoms with Crippen molar-refractivity contribution in [2.45, 2.75) is 0 Å². The number of amides is 1. The third-order valence-electron chi connectivity index (χ3n) is 4.38. The number of nitrogens with one attached hydrogen (secondary N) is 1. The van der Waals surface area contributed by atoms with Gasteiger partial charge in [0.2, 0.25) is 5.96 Å². The second-order valence-electron chi connectivity index (χ2n) is 6.31. The Bertz CT molecular complexity index is 797. The highest BCUT2D eigenvalue weighted by Crippen LogP contribution is 2.13. The highest BCUT2D eigenvalue weighted by molar-refractivity contribution is 6.06. The minimum Gasteiger partial charge on any atom is -0.340 e. The molecule has 0 unspecified atom stereocenters. The van der Waals surface area contributed by atoms with E-state index in [9.17, 15) is 9.18 Å². The Morgan fingerprint density at radius 2 is 1.74 bits per heavy atom. The Morgan fingerprint density at radius 1 is 1.07 bits per heavy atom. The number of benzene rings is 2. The summed E-state index contributed by atoms with van der Waals surface area (Å²) in [5.41, 5.74) is 1.16. The van der Waals surface area contributed by atoms with Crippen molar-refractivity contribution in [3.63, 3.8) is 0 Å². The highest BCUT2D eigenvalue weighted by atomic mass is 19.1. The van der Waals surface area contributed by atoms with Crippen LogP contribution in [0.2, 0.25) is 0 Å². The van der Waals surface area contributed by atoms with Gasteiger partial charge in [-0.15, -0.1) is 6.58 Å². The lowest BCUT2D eigenvalue weighted by Gasteiger charge is -2.35. The van der Waals surface area contributed by atoms with Crippen molar-refractivity contribution >= 4 is 17.6 Å². The van der Waals surface area contributed by atoms with Gasteiger partial charge in [0, 0.05) is 38.3 Å². The minimum atomic E-state index is -0.372. The van der Waals surface area contributed by atoms with Gasteiger partial charge >= 0.3 is 0 Å². The average Bonchev–Trinajstić information content (AvgIpc) is 2.69. The molecule has 5 nitrogen and oxygen atoms in total. The van der Waals surface area contributed by atoms with Crippen LogP contribution in [0, 0.1) is 5.82 Å². The number of halogens is 1. The molecule has 0 spiro atoms. The molecule has 0 bridgehead atoms. The maximum atomic E-state index is 13.1. The standard InChI is InChI=1S/C21H23FN4O/c1-2-12-25-13-15-26(16-14-25)21(23-19-6-4-3-5-7-19)24-20(27)17-8-10-18(22)11-9-17/h2-11H,1,12-16H2,(H,23,24,27). The van der Waals surface area contributed by atoms with Gasteiger partial charge in [0.25, 0.3) is 5.91 Å². The van der Waals surface area contributed by atoms with Gasteiger partial charge in [-0.2, -0.15) is 0 Å². The zero-order valence-corrected chi connectivity index (χ0v) is 15.1. The molecule has 1 heterocycles. The predicted molar refractivity (Wildman–Crippen MR) is 106 cm³/mol. The van der Waals surface area contributed by atoms with Crippen molar-refractivity contribution < 1.29 is 9.18 Å². The van der Waals surface area contributed by atoms with Crippen LogP contribution in [-0.2, 0) is 0 Å². The summed E-state index contributed by atoms with van der Waals surface area (Å²) < 4.78 is 13.1. The second-order valence-corrected chi connectivity index (χ2v) is 6.31. The van der Waals surface area contributed by atoms with Crippen LogP contribution in [0.4, 0.5) is 10.1 Å². The molecule has 1 aliphatic rings. The second kappa shape index (κ2) is 9.09. The number of nitrogens with zero attached hydrogens (tertiary/aromatic N) is 3. The smallest absolute Gasteiger partial charge is 0.257 e. The van der Waals surface area contributed by atoms with E-state index >= 15 is 0 Å². The van der Waals surface area contributed by atoms with E-state index < -0.39 is 0 Å². The van der Waals surface area contributed by atoms with Gasteiger partial charge in [-0.3, -0.25) is 15.0 Å². The monoisotopic (exact) mass is 366 g/mol. The molecule has 140 valence electrons. The first kappa shape index (κ1) is 18.8. The quantitative estimate of drug-likeness (QED) is 0.514. The lowest BCUT2D eigenvalue weighted by atomic mass is 10.2. The van der Waals surface area contributed by atoms with Crippen LogP contribution < -0.4 is 5.32 Å². The zero-order valence-electron chi connectivity index (χ0n) is 15.1. The van der Waals surface area contributed by atoms with Gasteiger partial charge < -0.3 is 4.90 Å². The summed E-state index contributed by atoms with van der Waals surface area (Å²) in [5, 5.41) is 2.89. The molecule has 1 fully saturated rings. The number of piperazine rings is 1. The first-order chi connectivity index (χ1) is 13.2. The molecule has 1 aliphatic heterocycles. The first-order valence-electron chi connectivity index (χ1n) is 8.94. The summed E-state index contributed by atoms with van der Waals surface area (Å²) in [7, 11) is 0. The van der Waals surface area contributed by atoms with Gasteiger partial charge in [-0.05, 0) is 36.4 Å². The minimum absolute atomic E-state index is 0.307. The Morgan fingerprint density at radius 3 is 2.37 bits per heavy atom. The Balaban J connectivity index is 1.78. The van der Waals surface area contributed by atoms with Gasteiger partial charge in [0.1, 0.15) is 5.82 Å². The van der Waals surface area contributed by atoms with Crippen molar-refractivity contribution in [1.29, 1.82) is 0 Å². The molecule has 1 N–H and O–H groups in total. The Kier molecular flexibility index (Phi) is 6.33. The third-order valence-corrected chi connectivity index (χ3v) is 4.38. The normalized spacial score (nSPS) is 15.4. The molecule has 0 atom stereocenters. The lowest BCUT2D eigenvalue weighted by Crippen LogP contribution is -2.53. The maximum absolute atomic E-state index is 13.1. The van der Waals surface area contributed by atoms with Gasteiger partial charge in [-0.25, -0.2) is 9.38 Å². The van der Waals surface area contributed by atoms with Crippen LogP contribution in [0.1, 0.15) is 10.4 Å². The number of aliphatic imine (C=N–C) groups is 1. The van der Waals surface area contributed by atoms with Gasteiger partial charge in [0.15, 0.2) is 0 Å². The predicted octanol–water partition coefficient (Wildman–Crippen LogP) is 3.05. The highest BCUT2D eigenvalue weighted by Gasteiger charge is 2.21. The molecular weight excluding hydrogens is 343 g/mol. The van der Waals surface area contributed by atoms with Crippen LogP contribution in [0.3, 0.4) is 0 Å². The number of rotatable bonds is 4. The number of guanidine groups is 1. The van der Waals surface area contributed by atoms with E-state index in [4.69, 9.17) is 0 Å². The van der Waals surface area contributed by atoms with Crippen molar-refractivity contribution in [2.75, 3.05) is 32.7 Å². The van der Waals surface area contributed by atoms with Gasteiger partial charge in [0.05, 0.1) is 5.69 Å².